The van der Waals surface area contributed by atoms with Crippen molar-refractivity contribution in [2.45, 2.75) is 4.84 Å². The van der Waals surface area contributed by atoms with E-state index < -0.39 is 10.7 Å². The SMILES string of the molecule is Nc1n[nH]c(C(=O)NCC(Cl)Cl)n1. The number of carbonyl (C=O) groups excluding carboxylic acids is 1. The van der Waals surface area contributed by atoms with E-state index in [0.717, 1.165) is 0 Å². The van der Waals surface area contributed by atoms with Crippen LogP contribution in [0.15, 0.2) is 0 Å². The van der Waals surface area contributed by atoms with Gasteiger partial charge in [-0.2, -0.15) is 4.98 Å². The molecule has 1 aromatic rings. The van der Waals surface area contributed by atoms with Crippen LogP contribution in [-0.4, -0.2) is 32.5 Å². The summed E-state index contributed by atoms with van der Waals surface area (Å²) in [6, 6.07) is 0. The van der Waals surface area contributed by atoms with Gasteiger partial charge in [0.25, 0.3) is 5.91 Å². The minimum atomic E-state index is -0.649. The molecule has 0 bridgehead atoms. The van der Waals surface area contributed by atoms with Crippen molar-refractivity contribution in [2.75, 3.05) is 12.3 Å². The molecule has 1 amide bonds. The van der Waals surface area contributed by atoms with Gasteiger partial charge in [-0.3, -0.25) is 9.89 Å². The Balaban J connectivity index is 2.49. The van der Waals surface area contributed by atoms with Crippen LogP contribution in [0.5, 0.6) is 0 Å². The fourth-order valence-electron chi connectivity index (χ4n) is 0.630. The zero-order chi connectivity index (χ0) is 9.84. The average molecular weight is 224 g/mol. The smallest absolute Gasteiger partial charge is 0.288 e. The van der Waals surface area contributed by atoms with E-state index in [9.17, 15) is 4.79 Å². The second kappa shape index (κ2) is 4.29. The molecular weight excluding hydrogens is 217 g/mol. The highest BCUT2D eigenvalue weighted by molar-refractivity contribution is 6.44. The molecule has 4 N–H and O–H groups in total. The number of anilines is 1. The molecule has 1 rings (SSSR count). The number of nitrogens with one attached hydrogen (secondary N) is 2. The van der Waals surface area contributed by atoms with E-state index in [1.165, 1.54) is 0 Å². The topological polar surface area (TPSA) is 96.7 Å². The highest BCUT2D eigenvalue weighted by Gasteiger charge is 2.10. The number of carbonyl (C=O) groups is 1. The Bertz CT molecular complexity index is 299. The molecule has 8 heteroatoms. The number of rotatable bonds is 3. The summed E-state index contributed by atoms with van der Waals surface area (Å²) in [4.78, 5) is 14.1. The number of aromatic amines is 1. The number of nitrogens with two attached hydrogens (primary N) is 1. The molecule has 13 heavy (non-hydrogen) atoms. The summed E-state index contributed by atoms with van der Waals surface area (Å²) in [7, 11) is 0. The molecule has 6 nitrogen and oxygen atoms in total. The maximum atomic E-state index is 11.1. The Morgan fingerprint density at radius 1 is 1.69 bits per heavy atom. The van der Waals surface area contributed by atoms with Crippen molar-refractivity contribution in [3.8, 4) is 0 Å². The van der Waals surface area contributed by atoms with Gasteiger partial charge in [0.2, 0.25) is 11.8 Å². The lowest BCUT2D eigenvalue weighted by molar-refractivity contribution is 0.0945. The Hall–Kier alpha value is -1.01. The molecule has 0 unspecified atom stereocenters. The summed E-state index contributed by atoms with van der Waals surface area (Å²) in [5.74, 6) is -0.402. The second-order valence-corrected chi connectivity index (χ2v) is 3.42. The normalized spacial score (nSPS) is 10.4. The lowest BCUT2D eigenvalue weighted by Gasteiger charge is -2.01. The number of aromatic nitrogens is 3. The molecule has 1 aromatic heterocycles. The number of amides is 1. The molecule has 0 aromatic carbocycles. The van der Waals surface area contributed by atoms with Crippen molar-refractivity contribution < 1.29 is 4.79 Å². The molecule has 0 saturated carbocycles. The summed E-state index contributed by atoms with van der Waals surface area (Å²) in [5, 5.41) is 8.24. The molecule has 0 aliphatic rings. The minimum Gasteiger partial charge on any atom is -0.366 e. The van der Waals surface area contributed by atoms with E-state index in [4.69, 9.17) is 28.9 Å². The van der Waals surface area contributed by atoms with Crippen molar-refractivity contribution in [3.05, 3.63) is 5.82 Å². The van der Waals surface area contributed by atoms with Gasteiger partial charge in [0.1, 0.15) is 4.84 Å². The molecule has 0 fully saturated rings. The van der Waals surface area contributed by atoms with E-state index >= 15 is 0 Å². The summed E-state index contributed by atoms with van der Waals surface area (Å²) < 4.78 is 0. The monoisotopic (exact) mass is 223 g/mol. The van der Waals surface area contributed by atoms with E-state index in [-0.39, 0.29) is 18.3 Å². The van der Waals surface area contributed by atoms with Crippen molar-refractivity contribution in [1.29, 1.82) is 0 Å². The van der Waals surface area contributed by atoms with Gasteiger partial charge < -0.3 is 11.1 Å². The summed E-state index contributed by atoms with van der Waals surface area (Å²) >= 11 is 10.8. The van der Waals surface area contributed by atoms with Crippen molar-refractivity contribution in [2.24, 2.45) is 0 Å². The average Bonchev–Trinajstić information content (AvgIpc) is 2.47. The van der Waals surface area contributed by atoms with Crippen LogP contribution in [0.2, 0.25) is 0 Å². The summed E-state index contributed by atoms with van der Waals surface area (Å²) in [6.45, 7) is 0.141. The zero-order valence-electron chi connectivity index (χ0n) is 6.42. The number of hydrogen-bond donors (Lipinski definition) is 3. The number of hydrogen-bond acceptors (Lipinski definition) is 4. The van der Waals surface area contributed by atoms with Crippen LogP contribution in [0.25, 0.3) is 0 Å². The third kappa shape index (κ3) is 3.08. The van der Waals surface area contributed by atoms with Gasteiger partial charge in [0, 0.05) is 6.54 Å². The van der Waals surface area contributed by atoms with Gasteiger partial charge >= 0.3 is 0 Å². The number of nitrogen functional groups attached to an aromatic ring is 1. The third-order valence-corrected chi connectivity index (χ3v) is 1.44. The third-order valence-electron chi connectivity index (χ3n) is 1.13. The van der Waals surface area contributed by atoms with Crippen LogP contribution in [0.4, 0.5) is 5.95 Å². The Morgan fingerprint density at radius 2 is 2.38 bits per heavy atom. The first kappa shape index (κ1) is 10.1. The lowest BCUT2D eigenvalue weighted by atomic mass is 10.5. The van der Waals surface area contributed by atoms with Crippen LogP contribution < -0.4 is 11.1 Å². The molecule has 0 aliphatic carbocycles. The molecule has 0 aliphatic heterocycles. The number of alkyl halides is 2. The lowest BCUT2D eigenvalue weighted by Crippen LogP contribution is -2.28. The summed E-state index contributed by atoms with van der Waals surface area (Å²) in [6.07, 6.45) is 0. The van der Waals surface area contributed by atoms with Crippen LogP contribution in [0.1, 0.15) is 10.6 Å². The maximum Gasteiger partial charge on any atom is 0.288 e. The highest BCUT2D eigenvalue weighted by Crippen LogP contribution is 1.99. The molecule has 0 atom stereocenters. The van der Waals surface area contributed by atoms with Gasteiger partial charge in [-0.25, -0.2) is 0 Å². The van der Waals surface area contributed by atoms with Gasteiger partial charge in [-0.15, -0.1) is 28.3 Å². The zero-order valence-corrected chi connectivity index (χ0v) is 7.93. The van der Waals surface area contributed by atoms with Gasteiger partial charge in [0.05, 0.1) is 0 Å². The first-order valence-corrected chi connectivity index (χ1v) is 4.21. The molecular formula is C5H7Cl2N5O. The predicted octanol–water partition coefficient (Wildman–Crippen LogP) is -0.0796. The Kier molecular flexibility index (Phi) is 3.32. The van der Waals surface area contributed by atoms with Crippen LogP contribution in [-0.2, 0) is 0 Å². The quantitative estimate of drug-likeness (QED) is 0.625. The molecule has 0 radical (unpaired) electrons. The number of nitrogens with zero attached hydrogens (tertiary/aromatic N) is 2. The molecule has 0 spiro atoms. The minimum absolute atomic E-state index is 0.0125. The van der Waals surface area contributed by atoms with Crippen LogP contribution in [0, 0.1) is 0 Å². The van der Waals surface area contributed by atoms with E-state index in [2.05, 4.69) is 20.5 Å². The van der Waals surface area contributed by atoms with E-state index in [1.54, 1.807) is 0 Å². The van der Waals surface area contributed by atoms with Crippen LogP contribution >= 0.6 is 23.2 Å². The van der Waals surface area contributed by atoms with E-state index in [0.29, 0.717) is 0 Å². The number of halogens is 2. The molecule has 1 heterocycles. The van der Waals surface area contributed by atoms with Gasteiger partial charge in [-0.05, 0) is 0 Å². The van der Waals surface area contributed by atoms with Gasteiger partial charge in [0.15, 0.2) is 0 Å². The molecule has 72 valence electrons. The predicted molar refractivity (Wildman–Crippen MR) is 48.6 cm³/mol. The standard InChI is InChI=1S/C5H7Cl2N5O/c6-2(7)1-9-4(13)3-10-5(8)12-11-3/h2H,1H2,(H,9,13)(H3,8,10,11,12). The fourth-order valence-corrected chi connectivity index (χ4v) is 0.784. The summed E-state index contributed by atoms with van der Waals surface area (Å²) in [5.41, 5.74) is 5.19. The van der Waals surface area contributed by atoms with E-state index in [1.807, 2.05) is 0 Å². The van der Waals surface area contributed by atoms with Crippen molar-refractivity contribution in [1.82, 2.24) is 20.5 Å². The van der Waals surface area contributed by atoms with Crippen LogP contribution in [0.3, 0.4) is 0 Å². The molecule has 0 saturated heterocycles. The Morgan fingerprint density at radius 3 is 2.85 bits per heavy atom. The first-order chi connectivity index (χ1) is 6.09. The van der Waals surface area contributed by atoms with Gasteiger partial charge in [-0.1, -0.05) is 0 Å². The number of H-pyrrole nitrogens is 1. The first-order valence-electron chi connectivity index (χ1n) is 3.34. The van der Waals surface area contributed by atoms with Crippen molar-refractivity contribution in [3.63, 3.8) is 0 Å². The second-order valence-electron chi connectivity index (χ2n) is 2.14. The largest absolute Gasteiger partial charge is 0.366 e. The fraction of sp³-hybridized carbons (Fsp3) is 0.400. The maximum absolute atomic E-state index is 11.1. The highest BCUT2D eigenvalue weighted by atomic mass is 35.5. The van der Waals surface area contributed by atoms with Crippen molar-refractivity contribution >= 4 is 35.1 Å². The Labute approximate surface area is 83.8 Å².